The van der Waals surface area contributed by atoms with Crippen LogP contribution in [0.25, 0.3) is 11.4 Å². The molecule has 1 aliphatic rings. The highest BCUT2D eigenvalue weighted by Gasteiger charge is 2.16. The minimum atomic E-state index is -0.286. The molecule has 0 spiro atoms. The zero-order valence-corrected chi connectivity index (χ0v) is 10.6. The lowest BCUT2D eigenvalue weighted by atomic mass is 10.1. The van der Waals surface area contributed by atoms with Gasteiger partial charge in [-0.25, -0.2) is 9.37 Å². The van der Waals surface area contributed by atoms with Crippen LogP contribution in [-0.2, 0) is 13.0 Å². The van der Waals surface area contributed by atoms with Gasteiger partial charge in [-0.15, -0.1) is 0 Å². The smallest absolute Gasteiger partial charge is 0.255 e. The van der Waals surface area contributed by atoms with E-state index in [0.717, 1.165) is 29.8 Å². The van der Waals surface area contributed by atoms with Crippen molar-refractivity contribution in [2.75, 3.05) is 6.54 Å². The van der Waals surface area contributed by atoms with Crippen molar-refractivity contribution in [3.05, 3.63) is 51.2 Å². The third-order valence-electron chi connectivity index (χ3n) is 3.39. The minimum absolute atomic E-state index is 0.115. The zero-order chi connectivity index (χ0) is 13.4. The summed E-state index contributed by atoms with van der Waals surface area (Å²) in [5, 5.41) is 3.15. The highest BCUT2D eigenvalue weighted by atomic mass is 19.1. The van der Waals surface area contributed by atoms with E-state index < -0.39 is 0 Å². The van der Waals surface area contributed by atoms with Crippen molar-refractivity contribution in [3.8, 4) is 11.4 Å². The van der Waals surface area contributed by atoms with Gasteiger partial charge in [-0.05, 0) is 30.7 Å². The summed E-state index contributed by atoms with van der Waals surface area (Å²) in [6.45, 7) is 3.19. The van der Waals surface area contributed by atoms with Gasteiger partial charge in [0.05, 0.1) is 11.3 Å². The van der Waals surface area contributed by atoms with Crippen molar-refractivity contribution in [2.45, 2.75) is 19.9 Å². The maximum atomic E-state index is 13.1. The Morgan fingerprint density at radius 3 is 3.00 bits per heavy atom. The molecule has 2 heterocycles. The third-order valence-corrected chi connectivity index (χ3v) is 3.39. The summed E-state index contributed by atoms with van der Waals surface area (Å²) in [6.07, 6.45) is 0.743. The van der Waals surface area contributed by atoms with Crippen LogP contribution in [0.2, 0.25) is 0 Å². The van der Waals surface area contributed by atoms with Crippen molar-refractivity contribution in [3.63, 3.8) is 0 Å². The standard InChI is InChI=1S/C14H14FN3O/c1-8-6-9(15)2-3-10(8)13-17-12-4-5-16-7-11(12)14(19)18-13/h2-3,6,16H,4-5,7H2,1H3,(H,17,18,19). The maximum absolute atomic E-state index is 13.1. The van der Waals surface area contributed by atoms with Gasteiger partial charge < -0.3 is 10.3 Å². The largest absolute Gasteiger partial charge is 0.312 e. The van der Waals surface area contributed by atoms with E-state index in [0.29, 0.717) is 17.9 Å². The number of nitrogens with one attached hydrogen (secondary N) is 2. The molecule has 98 valence electrons. The van der Waals surface area contributed by atoms with Gasteiger partial charge in [0, 0.05) is 25.1 Å². The third kappa shape index (κ3) is 2.17. The van der Waals surface area contributed by atoms with Crippen molar-refractivity contribution in [1.82, 2.24) is 15.3 Å². The average Bonchev–Trinajstić information content (AvgIpc) is 2.38. The number of aromatic amines is 1. The Kier molecular flexibility index (Phi) is 2.91. The van der Waals surface area contributed by atoms with E-state index in [4.69, 9.17) is 0 Å². The number of hydrogen-bond donors (Lipinski definition) is 2. The molecule has 2 aromatic rings. The Balaban J connectivity index is 2.15. The van der Waals surface area contributed by atoms with E-state index in [1.165, 1.54) is 12.1 Å². The number of H-pyrrole nitrogens is 1. The van der Waals surface area contributed by atoms with Crippen LogP contribution in [0.4, 0.5) is 4.39 Å². The number of rotatable bonds is 1. The predicted octanol–water partition coefficient (Wildman–Crippen LogP) is 1.53. The maximum Gasteiger partial charge on any atom is 0.255 e. The van der Waals surface area contributed by atoms with Crippen LogP contribution in [0, 0.1) is 12.7 Å². The molecule has 0 aliphatic carbocycles. The summed E-state index contributed by atoms with van der Waals surface area (Å²) >= 11 is 0. The first-order valence-electron chi connectivity index (χ1n) is 6.24. The van der Waals surface area contributed by atoms with E-state index >= 15 is 0 Å². The lowest BCUT2D eigenvalue weighted by Gasteiger charge is -2.16. The van der Waals surface area contributed by atoms with Crippen LogP contribution in [0.1, 0.15) is 16.8 Å². The SMILES string of the molecule is Cc1cc(F)ccc1-c1nc2c(c(=O)[nH]1)CNCC2. The topological polar surface area (TPSA) is 57.8 Å². The Bertz CT molecular complexity index is 694. The average molecular weight is 259 g/mol. The summed E-state index contributed by atoms with van der Waals surface area (Å²) in [5.74, 6) is 0.230. The Hall–Kier alpha value is -2.01. The van der Waals surface area contributed by atoms with Gasteiger partial charge in [0.1, 0.15) is 11.6 Å². The monoisotopic (exact) mass is 259 g/mol. The molecule has 0 atom stereocenters. The van der Waals surface area contributed by atoms with E-state index in [2.05, 4.69) is 15.3 Å². The first kappa shape index (κ1) is 12.0. The van der Waals surface area contributed by atoms with Gasteiger partial charge in [0.25, 0.3) is 5.56 Å². The molecule has 0 bridgehead atoms. The number of nitrogens with zero attached hydrogens (tertiary/aromatic N) is 1. The van der Waals surface area contributed by atoms with Gasteiger partial charge in [-0.1, -0.05) is 0 Å². The second kappa shape index (κ2) is 4.59. The molecule has 0 radical (unpaired) electrons. The number of hydrogen-bond acceptors (Lipinski definition) is 3. The highest BCUT2D eigenvalue weighted by molar-refractivity contribution is 5.60. The molecule has 0 saturated heterocycles. The molecule has 0 saturated carbocycles. The fourth-order valence-corrected chi connectivity index (χ4v) is 2.37. The molecular formula is C14H14FN3O. The number of aryl methyl sites for hydroxylation is 1. The molecule has 5 heteroatoms. The van der Waals surface area contributed by atoms with Crippen LogP contribution >= 0.6 is 0 Å². The molecule has 4 nitrogen and oxygen atoms in total. The summed E-state index contributed by atoms with van der Waals surface area (Å²) in [7, 11) is 0. The fraction of sp³-hybridized carbons (Fsp3) is 0.286. The number of benzene rings is 1. The van der Waals surface area contributed by atoms with Crippen LogP contribution in [0.3, 0.4) is 0 Å². The summed E-state index contributed by atoms with van der Waals surface area (Å²) < 4.78 is 13.1. The van der Waals surface area contributed by atoms with Crippen LogP contribution in [0.15, 0.2) is 23.0 Å². The van der Waals surface area contributed by atoms with Gasteiger partial charge in [-0.2, -0.15) is 0 Å². The second-order valence-corrected chi connectivity index (χ2v) is 4.73. The normalized spacial score (nSPS) is 14.2. The van der Waals surface area contributed by atoms with Gasteiger partial charge in [0.15, 0.2) is 0 Å². The van der Waals surface area contributed by atoms with Crippen molar-refractivity contribution in [2.24, 2.45) is 0 Å². The van der Waals surface area contributed by atoms with Crippen LogP contribution in [0.5, 0.6) is 0 Å². The van der Waals surface area contributed by atoms with Crippen molar-refractivity contribution in [1.29, 1.82) is 0 Å². The lowest BCUT2D eigenvalue weighted by Crippen LogP contribution is -2.31. The van der Waals surface area contributed by atoms with Crippen molar-refractivity contribution < 1.29 is 4.39 Å². The minimum Gasteiger partial charge on any atom is -0.312 e. The molecule has 3 rings (SSSR count). The van der Waals surface area contributed by atoms with Crippen LogP contribution in [-0.4, -0.2) is 16.5 Å². The first-order valence-corrected chi connectivity index (χ1v) is 6.24. The summed E-state index contributed by atoms with van der Waals surface area (Å²) in [5.41, 5.74) is 2.95. The zero-order valence-electron chi connectivity index (χ0n) is 10.6. The molecule has 19 heavy (non-hydrogen) atoms. The summed E-state index contributed by atoms with van der Waals surface area (Å²) in [4.78, 5) is 19.3. The quantitative estimate of drug-likeness (QED) is 0.816. The van der Waals surface area contributed by atoms with E-state index in [-0.39, 0.29) is 11.4 Å². The van der Waals surface area contributed by atoms with Gasteiger partial charge in [0.2, 0.25) is 0 Å². The number of fused-ring (bicyclic) bond motifs is 1. The molecular weight excluding hydrogens is 245 g/mol. The Morgan fingerprint density at radius 2 is 2.21 bits per heavy atom. The van der Waals surface area contributed by atoms with Crippen LogP contribution < -0.4 is 10.9 Å². The molecule has 0 unspecified atom stereocenters. The predicted molar refractivity (Wildman–Crippen MR) is 70.4 cm³/mol. The Morgan fingerprint density at radius 1 is 1.37 bits per heavy atom. The Labute approximate surface area is 109 Å². The molecule has 0 amide bonds. The first-order chi connectivity index (χ1) is 9.15. The van der Waals surface area contributed by atoms with Gasteiger partial charge in [-0.3, -0.25) is 4.79 Å². The van der Waals surface area contributed by atoms with E-state index in [1.807, 2.05) is 0 Å². The molecule has 1 aromatic heterocycles. The lowest BCUT2D eigenvalue weighted by molar-refractivity contribution is 0.621. The van der Waals surface area contributed by atoms with E-state index in [9.17, 15) is 9.18 Å². The highest BCUT2D eigenvalue weighted by Crippen LogP contribution is 2.21. The molecule has 1 aromatic carbocycles. The fourth-order valence-electron chi connectivity index (χ4n) is 2.37. The molecule has 1 aliphatic heterocycles. The second-order valence-electron chi connectivity index (χ2n) is 4.73. The van der Waals surface area contributed by atoms with Gasteiger partial charge >= 0.3 is 0 Å². The van der Waals surface area contributed by atoms with Crippen molar-refractivity contribution >= 4 is 0 Å². The summed E-state index contributed by atoms with van der Waals surface area (Å²) in [6, 6.07) is 4.47. The number of aromatic nitrogens is 2. The number of halogens is 1. The van der Waals surface area contributed by atoms with E-state index in [1.54, 1.807) is 13.0 Å². The molecule has 2 N–H and O–H groups in total. The molecule has 0 fully saturated rings.